The summed E-state index contributed by atoms with van der Waals surface area (Å²) in [5.41, 5.74) is 1.28. The van der Waals surface area contributed by atoms with Crippen molar-refractivity contribution in [1.29, 1.82) is 0 Å². The third-order valence-corrected chi connectivity index (χ3v) is 5.14. The van der Waals surface area contributed by atoms with Crippen LogP contribution in [0.4, 0.5) is 0 Å². The minimum absolute atomic E-state index is 0.238. The van der Waals surface area contributed by atoms with Crippen molar-refractivity contribution >= 4 is 9.84 Å². The van der Waals surface area contributed by atoms with Crippen LogP contribution < -0.4 is 5.32 Å². The molecule has 1 aromatic heterocycles. The van der Waals surface area contributed by atoms with E-state index in [-0.39, 0.29) is 11.5 Å². The van der Waals surface area contributed by atoms with Crippen LogP contribution in [0.3, 0.4) is 0 Å². The van der Waals surface area contributed by atoms with E-state index in [0.29, 0.717) is 12.5 Å². The molecule has 5 heteroatoms. The van der Waals surface area contributed by atoms with E-state index in [2.05, 4.69) is 36.0 Å². The Bertz CT molecular complexity index is 466. The standard InChI is InChI=1S/C14H26N2O2S/c1-4-14(15-5-2)13-8-10-16(12-13)9-7-11-19(17,18)6-3/h8,10,12,14-15H,4-7,9,11H2,1-3H3. The number of nitrogens with one attached hydrogen (secondary N) is 1. The van der Waals surface area contributed by atoms with Gasteiger partial charge in [0, 0.05) is 30.7 Å². The molecule has 0 aliphatic rings. The lowest BCUT2D eigenvalue weighted by molar-refractivity contribution is 0.535. The molecule has 0 amide bonds. The molecule has 0 aliphatic carbocycles. The second-order valence-electron chi connectivity index (χ2n) is 4.79. The lowest BCUT2D eigenvalue weighted by Gasteiger charge is -2.13. The summed E-state index contributed by atoms with van der Waals surface area (Å²) in [4.78, 5) is 0. The molecule has 0 aromatic carbocycles. The molecule has 1 unspecified atom stereocenters. The quantitative estimate of drug-likeness (QED) is 0.758. The Morgan fingerprint density at radius 3 is 2.63 bits per heavy atom. The highest BCUT2D eigenvalue weighted by Gasteiger charge is 2.10. The average Bonchev–Trinajstić information content (AvgIpc) is 2.84. The van der Waals surface area contributed by atoms with Gasteiger partial charge in [-0.15, -0.1) is 0 Å². The Hall–Kier alpha value is -0.810. The number of nitrogens with zero attached hydrogens (tertiary/aromatic N) is 1. The molecule has 0 fully saturated rings. The van der Waals surface area contributed by atoms with Gasteiger partial charge in [-0.05, 0) is 31.0 Å². The van der Waals surface area contributed by atoms with Crippen LogP contribution in [0, 0.1) is 0 Å². The van der Waals surface area contributed by atoms with Crippen molar-refractivity contribution in [3.8, 4) is 0 Å². The number of rotatable bonds is 9. The largest absolute Gasteiger partial charge is 0.354 e. The zero-order valence-electron chi connectivity index (χ0n) is 12.2. The SMILES string of the molecule is CCNC(CC)c1ccn(CCCS(=O)(=O)CC)c1. The summed E-state index contributed by atoms with van der Waals surface area (Å²) in [6.45, 7) is 7.69. The maximum atomic E-state index is 11.4. The second-order valence-corrected chi connectivity index (χ2v) is 7.26. The predicted octanol–water partition coefficient (Wildman–Crippen LogP) is 2.37. The van der Waals surface area contributed by atoms with E-state index in [0.717, 1.165) is 19.5 Å². The molecule has 110 valence electrons. The third-order valence-electron chi connectivity index (χ3n) is 3.35. The molecule has 4 nitrogen and oxygen atoms in total. The Labute approximate surface area is 117 Å². The highest BCUT2D eigenvalue weighted by atomic mass is 32.2. The van der Waals surface area contributed by atoms with Gasteiger partial charge in [-0.1, -0.05) is 20.8 Å². The highest BCUT2D eigenvalue weighted by molar-refractivity contribution is 7.91. The molecule has 1 atom stereocenters. The molecular weight excluding hydrogens is 260 g/mol. The molecule has 0 bridgehead atoms. The van der Waals surface area contributed by atoms with Gasteiger partial charge in [0.1, 0.15) is 9.84 Å². The van der Waals surface area contributed by atoms with Gasteiger partial charge < -0.3 is 9.88 Å². The lowest BCUT2D eigenvalue weighted by Crippen LogP contribution is -2.19. The Kier molecular flexibility index (Phi) is 6.58. The van der Waals surface area contributed by atoms with E-state index in [1.165, 1.54) is 5.56 Å². The first kappa shape index (κ1) is 16.2. The summed E-state index contributed by atoms with van der Waals surface area (Å²) in [7, 11) is -2.84. The third kappa shape index (κ3) is 5.37. The van der Waals surface area contributed by atoms with Gasteiger partial charge in [-0.2, -0.15) is 0 Å². The van der Waals surface area contributed by atoms with Gasteiger partial charge in [0.25, 0.3) is 0 Å². The topological polar surface area (TPSA) is 51.1 Å². The van der Waals surface area contributed by atoms with Crippen LogP contribution in [-0.2, 0) is 16.4 Å². The average molecular weight is 286 g/mol. The van der Waals surface area contributed by atoms with Crippen molar-refractivity contribution in [1.82, 2.24) is 9.88 Å². The summed E-state index contributed by atoms with van der Waals surface area (Å²) in [6, 6.07) is 2.51. The first-order chi connectivity index (χ1) is 9.02. The second kappa shape index (κ2) is 7.70. The van der Waals surface area contributed by atoms with Gasteiger partial charge >= 0.3 is 0 Å². The number of aromatic nitrogens is 1. The maximum absolute atomic E-state index is 11.4. The van der Waals surface area contributed by atoms with Gasteiger partial charge in [-0.25, -0.2) is 8.42 Å². The maximum Gasteiger partial charge on any atom is 0.150 e. The molecule has 0 aliphatic heterocycles. The van der Waals surface area contributed by atoms with Gasteiger partial charge in [-0.3, -0.25) is 0 Å². The monoisotopic (exact) mass is 286 g/mol. The molecule has 1 rings (SSSR count). The van der Waals surface area contributed by atoms with E-state index in [1.807, 2.05) is 6.20 Å². The zero-order chi connectivity index (χ0) is 14.3. The normalized spacial score (nSPS) is 13.6. The van der Waals surface area contributed by atoms with Crippen molar-refractivity contribution in [2.75, 3.05) is 18.1 Å². The van der Waals surface area contributed by atoms with Crippen LogP contribution in [0.1, 0.15) is 45.2 Å². The molecule has 0 saturated heterocycles. The highest BCUT2D eigenvalue weighted by Crippen LogP contribution is 2.16. The number of hydrogen-bond donors (Lipinski definition) is 1. The first-order valence-corrected chi connectivity index (χ1v) is 8.94. The van der Waals surface area contributed by atoms with E-state index in [9.17, 15) is 8.42 Å². The fourth-order valence-electron chi connectivity index (χ4n) is 2.16. The van der Waals surface area contributed by atoms with E-state index >= 15 is 0 Å². The van der Waals surface area contributed by atoms with Crippen molar-refractivity contribution in [2.45, 2.75) is 46.2 Å². The Morgan fingerprint density at radius 2 is 2.05 bits per heavy atom. The van der Waals surface area contributed by atoms with Gasteiger partial charge in [0.2, 0.25) is 0 Å². The number of hydrogen-bond acceptors (Lipinski definition) is 3. The molecule has 1 heterocycles. The molecule has 1 N–H and O–H groups in total. The van der Waals surface area contributed by atoms with Crippen LogP contribution in [-0.4, -0.2) is 31.0 Å². The smallest absolute Gasteiger partial charge is 0.150 e. The molecule has 1 aromatic rings. The van der Waals surface area contributed by atoms with Crippen LogP contribution in [0.25, 0.3) is 0 Å². The lowest BCUT2D eigenvalue weighted by atomic mass is 10.1. The minimum Gasteiger partial charge on any atom is -0.354 e. The van der Waals surface area contributed by atoms with Crippen molar-refractivity contribution < 1.29 is 8.42 Å². The fraction of sp³-hybridized carbons (Fsp3) is 0.714. The van der Waals surface area contributed by atoms with Crippen LogP contribution in [0.5, 0.6) is 0 Å². The number of aryl methyl sites for hydroxylation is 1. The summed E-state index contributed by atoms with van der Waals surface area (Å²) in [6.07, 6.45) is 5.90. The van der Waals surface area contributed by atoms with Crippen LogP contribution in [0.2, 0.25) is 0 Å². The number of sulfone groups is 1. The molecule has 0 radical (unpaired) electrons. The predicted molar refractivity (Wildman–Crippen MR) is 80.1 cm³/mol. The summed E-state index contributed by atoms with van der Waals surface area (Å²) in [5, 5.41) is 3.44. The van der Waals surface area contributed by atoms with Crippen molar-refractivity contribution in [3.63, 3.8) is 0 Å². The van der Waals surface area contributed by atoms with Crippen LogP contribution >= 0.6 is 0 Å². The minimum atomic E-state index is -2.84. The fourth-order valence-corrected chi connectivity index (χ4v) is 3.02. The molecule has 0 spiro atoms. The Balaban J connectivity index is 2.51. The van der Waals surface area contributed by atoms with Crippen molar-refractivity contribution in [2.24, 2.45) is 0 Å². The molecule has 19 heavy (non-hydrogen) atoms. The molecule has 0 saturated carbocycles. The summed E-state index contributed by atoms with van der Waals surface area (Å²) < 4.78 is 24.9. The van der Waals surface area contributed by atoms with E-state index in [4.69, 9.17) is 0 Å². The van der Waals surface area contributed by atoms with Crippen LogP contribution in [0.15, 0.2) is 18.5 Å². The first-order valence-electron chi connectivity index (χ1n) is 7.11. The summed E-state index contributed by atoms with van der Waals surface area (Å²) >= 11 is 0. The summed E-state index contributed by atoms with van der Waals surface area (Å²) in [5.74, 6) is 0.518. The van der Waals surface area contributed by atoms with E-state index < -0.39 is 9.84 Å². The van der Waals surface area contributed by atoms with E-state index in [1.54, 1.807) is 6.92 Å². The van der Waals surface area contributed by atoms with Gasteiger partial charge in [0.15, 0.2) is 0 Å². The van der Waals surface area contributed by atoms with Crippen molar-refractivity contribution in [3.05, 3.63) is 24.0 Å². The zero-order valence-corrected chi connectivity index (χ0v) is 13.0. The molecular formula is C14H26N2O2S. The van der Waals surface area contributed by atoms with Gasteiger partial charge in [0.05, 0.1) is 5.75 Å². The Morgan fingerprint density at radius 1 is 1.32 bits per heavy atom.